The molecule has 0 amide bonds. The fraction of sp³-hybridized carbons (Fsp3) is 0.149. The molecule has 0 saturated heterocycles. The van der Waals surface area contributed by atoms with E-state index in [0.29, 0.717) is 0 Å². The van der Waals surface area contributed by atoms with Crippen LogP contribution in [0.25, 0.3) is 49.4 Å². The minimum atomic E-state index is -0.185. The van der Waals surface area contributed by atoms with E-state index in [0.717, 1.165) is 5.69 Å². The largest absolute Gasteiger partial charge is 0.310 e. The first kappa shape index (κ1) is 29.5. The molecule has 1 aliphatic carbocycles. The molecule has 1 aliphatic rings. The Hall–Kier alpha value is -5.60. The van der Waals surface area contributed by atoms with Crippen molar-refractivity contribution < 1.29 is 0 Å². The van der Waals surface area contributed by atoms with E-state index in [1.807, 2.05) is 0 Å². The minimum absolute atomic E-state index is 0.0876. The first-order chi connectivity index (χ1) is 23.7. The normalized spacial score (nSPS) is 13.6. The molecular formula is C47H40N2. The zero-order chi connectivity index (χ0) is 33.5. The van der Waals surface area contributed by atoms with E-state index in [1.165, 1.54) is 77.5 Å². The monoisotopic (exact) mass is 632 g/mol. The summed E-state index contributed by atoms with van der Waals surface area (Å²) in [6, 6.07) is 56.2. The predicted octanol–water partition coefficient (Wildman–Crippen LogP) is 13.0. The van der Waals surface area contributed by atoms with Gasteiger partial charge in [-0.1, -0.05) is 132 Å². The summed E-state index contributed by atoms with van der Waals surface area (Å²) in [6.45, 7) is 11.6. The van der Waals surface area contributed by atoms with Crippen molar-refractivity contribution in [2.75, 3.05) is 4.90 Å². The third-order valence-corrected chi connectivity index (χ3v) is 10.7. The molecule has 0 unspecified atom stereocenters. The van der Waals surface area contributed by atoms with E-state index >= 15 is 0 Å². The standard InChI is InChI=1S/C47H40N2/c1-46(2,3)32-21-23-33(24-22-32)48(43-20-12-14-31-13-6-7-15-36(31)43)34-25-27-37-38-28-26-35(30-42(38)47(4,5)41(37)29-34)49-44-18-10-8-16-39(44)40-17-9-11-19-45(40)49/h6-30H,1-5H3. The molecule has 2 nitrogen and oxygen atoms in total. The SMILES string of the molecule is CC(C)(C)c1ccc(N(c2ccc3c(c2)C(C)(C)c2cc(-n4c5ccccc5c5ccccc54)ccc2-3)c2cccc3ccccc23)cc1. The van der Waals surface area contributed by atoms with Crippen LogP contribution in [0.5, 0.6) is 0 Å². The van der Waals surface area contributed by atoms with Gasteiger partial charge in [0.05, 0.1) is 16.7 Å². The summed E-state index contributed by atoms with van der Waals surface area (Å²) in [5, 5.41) is 5.05. The van der Waals surface area contributed by atoms with Gasteiger partial charge < -0.3 is 9.47 Å². The molecule has 2 heteroatoms. The van der Waals surface area contributed by atoms with Crippen molar-refractivity contribution in [1.82, 2.24) is 4.57 Å². The van der Waals surface area contributed by atoms with Crippen LogP contribution in [0.4, 0.5) is 17.1 Å². The second-order valence-corrected chi connectivity index (χ2v) is 15.1. The lowest BCUT2D eigenvalue weighted by Crippen LogP contribution is -2.17. The van der Waals surface area contributed by atoms with Gasteiger partial charge in [-0.3, -0.25) is 0 Å². The average Bonchev–Trinajstić information content (AvgIpc) is 3.57. The Morgan fingerprint density at radius 2 is 1.06 bits per heavy atom. The molecular weight excluding hydrogens is 593 g/mol. The van der Waals surface area contributed by atoms with Gasteiger partial charge in [0, 0.05) is 38.6 Å². The maximum atomic E-state index is 2.44. The third kappa shape index (κ3) is 4.54. The second-order valence-electron chi connectivity index (χ2n) is 15.1. The van der Waals surface area contributed by atoms with Crippen LogP contribution >= 0.6 is 0 Å². The van der Waals surface area contributed by atoms with Crippen molar-refractivity contribution in [2.45, 2.75) is 45.4 Å². The number of para-hydroxylation sites is 2. The molecule has 0 atom stereocenters. The lowest BCUT2D eigenvalue weighted by Gasteiger charge is -2.30. The van der Waals surface area contributed by atoms with Crippen molar-refractivity contribution in [3.05, 3.63) is 168 Å². The number of nitrogens with zero attached hydrogens (tertiary/aromatic N) is 2. The Morgan fingerprint density at radius 3 is 1.73 bits per heavy atom. The van der Waals surface area contributed by atoms with E-state index in [9.17, 15) is 0 Å². The molecule has 9 rings (SSSR count). The van der Waals surface area contributed by atoms with Gasteiger partial charge in [0.2, 0.25) is 0 Å². The average molecular weight is 633 g/mol. The summed E-state index contributed by atoms with van der Waals surface area (Å²) in [4.78, 5) is 2.44. The Bertz CT molecular complexity index is 2500. The van der Waals surface area contributed by atoms with Crippen molar-refractivity contribution in [3.63, 3.8) is 0 Å². The number of rotatable bonds is 4. The van der Waals surface area contributed by atoms with Crippen LogP contribution < -0.4 is 4.90 Å². The van der Waals surface area contributed by atoms with E-state index in [2.05, 4.69) is 196 Å². The smallest absolute Gasteiger partial charge is 0.0541 e. The number of hydrogen-bond acceptors (Lipinski definition) is 1. The minimum Gasteiger partial charge on any atom is -0.310 e. The lowest BCUT2D eigenvalue weighted by atomic mass is 9.82. The third-order valence-electron chi connectivity index (χ3n) is 10.7. The molecule has 0 aliphatic heterocycles. The molecule has 7 aromatic carbocycles. The highest BCUT2D eigenvalue weighted by atomic mass is 15.1. The highest BCUT2D eigenvalue weighted by molar-refractivity contribution is 6.09. The summed E-state index contributed by atoms with van der Waals surface area (Å²) in [7, 11) is 0. The van der Waals surface area contributed by atoms with E-state index in [-0.39, 0.29) is 10.8 Å². The lowest BCUT2D eigenvalue weighted by molar-refractivity contribution is 0.590. The van der Waals surface area contributed by atoms with Gasteiger partial charge in [-0.05, 0) is 93.2 Å². The summed E-state index contributed by atoms with van der Waals surface area (Å²) < 4.78 is 2.43. The quantitative estimate of drug-likeness (QED) is 0.187. The number of fused-ring (bicyclic) bond motifs is 7. The molecule has 0 bridgehead atoms. The van der Waals surface area contributed by atoms with Crippen molar-refractivity contribution in [2.24, 2.45) is 0 Å². The molecule has 0 N–H and O–H groups in total. The molecule has 0 spiro atoms. The maximum absolute atomic E-state index is 2.44. The topological polar surface area (TPSA) is 8.17 Å². The second kappa shape index (κ2) is 10.7. The zero-order valence-corrected chi connectivity index (χ0v) is 28.8. The first-order valence-corrected chi connectivity index (χ1v) is 17.4. The van der Waals surface area contributed by atoms with Gasteiger partial charge in [0.15, 0.2) is 0 Å². The molecule has 0 radical (unpaired) electrons. The molecule has 1 heterocycles. The Balaban J connectivity index is 1.20. The van der Waals surface area contributed by atoms with Gasteiger partial charge in [-0.15, -0.1) is 0 Å². The molecule has 238 valence electrons. The summed E-state index contributed by atoms with van der Waals surface area (Å²) in [6.07, 6.45) is 0. The van der Waals surface area contributed by atoms with Gasteiger partial charge in [0.1, 0.15) is 0 Å². The Labute approximate surface area is 288 Å². The van der Waals surface area contributed by atoms with E-state index < -0.39 is 0 Å². The molecule has 8 aromatic rings. The summed E-state index contributed by atoms with van der Waals surface area (Å²) >= 11 is 0. The highest BCUT2D eigenvalue weighted by Gasteiger charge is 2.36. The van der Waals surface area contributed by atoms with Crippen LogP contribution in [-0.4, -0.2) is 4.57 Å². The fourth-order valence-electron chi connectivity index (χ4n) is 8.13. The van der Waals surface area contributed by atoms with Crippen LogP contribution in [-0.2, 0) is 10.8 Å². The van der Waals surface area contributed by atoms with E-state index in [1.54, 1.807) is 0 Å². The predicted molar refractivity (Wildman–Crippen MR) is 209 cm³/mol. The first-order valence-electron chi connectivity index (χ1n) is 17.4. The zero-order valence-electron chi connectivity index (χ0n) is 28.8. The highest BCUT2D eigenvalue weighted by Crippen LogP contribution is 2.52. The van der Waals surface area contributed by atoms with Crippen molar-refractivity contribution in [3.8, 4) is 16.8 Å². The number of aromatic nitrogens is 1. The Morgan fingerprint density at radius 1 is 0.510 bits per heavy atom. The van der Waals surface area contributed by atoms with Crippen LogP contribution in [0.3, 0.4) is 0 Å². The van der Waals surface area contributed by atoms with Crippen LogP contribution in [0.2, 0.25) is 0 Å². The van der Waals surface area contributed by atoms with Crippen LogP contribution in [0.1, 0.15) is 51.3 Å². The fourth-order valence-corrected chi connectivity index (χ4v) is 8.13. The van der Waals surface area contributed by atoms with Crippen molar-refractivity contribution in [1.29, 1.82) is 0 Å². The van der Waals surface area contributed by atoms with E-state index in [4.69, 9.17) is 0 Å². The molecule has 0 fully saturated rings. The molecule has 49 heavy (non-hydrogen) atoms. The molecule has 0 saturated carbocycles. The number of anilines is 3. The van der Waals surface area contributed by atoms with Crippen LogP contribution in [0.15, 0.2) is 152 Å². The number of benzene rings is 7. The number of hydrogen-bond donors (Lipinski definition) is 0. The van der Waals surface area contributed by atoms with Gasteiger partial charge in [-0.25, -0.2) is 0 Å². The van der Waals surface area contributed by atoms with Crippen molar-refractivity contribution >= 4 is 49.6 Å². The molecule has 1 aromatic heterocycles. The summed E-state index contributed by atoms with van der Waals surface area (Å²) in [5.41, 5.74) is 13.8. The van der Waals surface area contributed by atoms with Crippen LogP contribution in [0, 0.1) is 0 Å². The van der Waals surface area contributed by atoms with Gasteiger partial charge in [-0.2, -0.15) is 0 Å². The summed E-state index contributed by atoms with van der Waals surface area (Å²) in [5.74, 6) is 0. The van der Waals surface area contributed by atoms with Gasteiger partial charge >= 0.3 is 0 Å². The van der Waals surface area contributed by atoms with Gasteiger partial charge in [0.25, 0.3) is 0 Å². The maximum Gasteiger partial charge on any atom is 0.0541 e. The Kier molecular flexibility index (Phi) is 6.45.